The minimum absolute atomic E-state index is 0.0132. The van der Waals surface area contributed by atoms with Gasteiger partial charge in [0.15, 0.2) is 46.3 Å². The van der Waals surface area contributed by atoms with Gasteiger partial charge in [-0.05, 0) is 121 Å². The van der Waals surface area contributed by atoms with E-state index in [2.05, 4.69) is 85.9 Å². The van der Waals surface area contributed by atoms with Gasteiger partial charge in [0.05, 0.1) is 117 Å². The van der Waals surface area contributed by atoms with E-state index < -0.39 is 185 Å². The molecule has 0 spiro atoms. The van der Waals surface area contributed by atoms with Crippen molar-refractivity contribution in [2.24, 2.45) is 10.7 Å². The van der Waals surface area contributed by atoms with E-state index in [9.17, 15) is 107 Å². The number of aliphatic imine (C=N–C) groups is 1. The molecule has 5 aliphatic heterocycles. The van der Waals surface area contributed by atoms with Crippen molar-refractivity contribution in [3.05, 3.63) is 112 Å². The van der Waals surface area contributed by atoms with Crippen molar-refractivity contribution in [3.8, 4) is 23.0 Å². The molecule has 2 unspecified atom stereocenters. The van der Waals surface area contributed by atoms with E-state index in [1.807, 2.05) is 19.2 Å². The maximum absolute atomic E-state index is 14.5. The van der Waals surface area contributed by atoms with Crippen LogP contribution in [-0.4, -0.2) is 336 Å². The second-order valence-corrected chi connectivity index (χ2v) is 40.6. The van der Waals surface area contributed by atoms with Gasteiger partial charge in [-0.15, -0.1) is 11.8 Å². The van der Waals surface area contributed by atoms with Gasteiger partial charge in [0.1, 0.15) is 36.8 Å². The Kier molecular flexibility index (Phi) is 43.2. The number of carboxylic acid groups (broad SMARTS) is 4. The molecule has 54 heteroatoms. The van der Waals surface area contributed by atoms with Crippen molar-refractivity contribution in [3.63, 3.8) is 0 Å². The van der Waals surface area contributed by atoms with Gasteiger partial charge in [0, 0.05) is 118 Å². The summed E-state index contributed by atoms with van der Waals surface area (Å²) < 4.78 is 34.9. The summed E-state index contributed by atoms with van der Waals surface area (Å²) in [6.07, 6.45) is 1.02. The zero-order valence-corrected chi connectivity index (χ0v) is 85.2. The first-order valence-electron chi connectivity index (χ1n) is 47.9. The second kappa shape index (κ2) is 55.6. The van der Waals surface area contributed by atoms with Crippen LogP contribution in [0.25, 0.3) is 11.2 Å². The number of aromatic amines is 1. The van der Waals surface area contributed by atoms with Crippen molar-refractivity contribution >= 4 is 181 Å². The quantitative estimate of drug-likeness (QED) is 0.00504. The SMILES string of the molecule is C=C1C[C@H]2C=Nc3cc(OCCCCCOc4cc(N)c(C(=O)N5CC(=C)C[C@H]5C5OCCN5C(=O)OCC(C)(C)SSCCC(=O)NCCNC(=O)CCCCCN5C(=O)CC(SC[C@H](NC(=O)[C@H](CC(=O)O)NC(=O)[C@H](CC(=O)O)NC(=O)[C@H](CCCNC(=N)N)NC(=O)[C@H](CC(=O)O)NC(=O)CC[C@@H](C)NC(=O)c6ccc(NCc7cnc8nc(N)[nH]c(=O)c8n7)cc6)C(=O)O)C5=O)cc4OC)c(OC)cc3C(=O)N2C1. The third-order valence-electron chi connectivity index (χ3n) is 23.9. The number of nitrogens with zero attached hydrogens (tertiary/aromatic N) is 8. The molecule has 51 nitrogen and oxygen atoms in total. The molecule has 4 saturated heterocycles. The van der Waals surface area contributed by atoms with E-state index in [1.165, 1.54) is 65.1 Å². The molecule has 806 valence electrons. The molecule has 2 aromatic heterocycles. The fraction of sp³-hybridized carbons (Fsp3) is 0.505. The number of carbonyl (C=O) groups is 17. The van der Waals surface area contributed by atoms with Gasteiger partial charge in [-0.3, -0.25) is 102 Å². The molecule has 13 amide bonds. The van der Waals surface area contributed by atoms with E-state index in [1.54, 1.807) is 53.3 Å². The van der Waals surface area contributed by atoms with Crippen molar-refractivity contribution < 1.29 is 130 Å². The van der Waals surface area contributed by atoms with Gasteiger partial charge < -0.3 is 129 Å². The van der Waals surface area contributed by atoms with Crippen molar-refractivity contribution in [1.82, 2.24) is 87.4 Å². The highest BCUT2D eigenvalue weighted by molar-refractivity contribution is 8.77. The Hall–Kier alpha value is -15.1. The average Bonchev–Trinajstić information content (AvgIpc) is 1.64. The zero-order valence-electron chi connectivity index (χ0n) is 82.7. The smallest absolute Gasteiger partial charge is 0.412 e. The number of nitrogens with one attached hydrogen (secondary N) is 12. The lowest BCUT2D eigenvalue weighted by atomic mass is 10.1. The number of thioether (sulfide) groups is 1. The number of aliphatic carboxylic acids is 4. The molecule has 5 aromatic rings. The van der Waals surface area contributed by atoms with Crippen LogP contribution in [0, 0.1) is 5.41 Å². The van der Waals surface area contributed by atoms with Crippen LogP contribution in [0.4, 0.5) is 27.8 Å². The lowest BCUT2D eigenvalue weighted by Gasteiger charge is -2.33. The number of rotatable bonds is 59. The number of amides is 13. The number of unbranched alkanes of at least 4 members (excludes halogenated alkanes) is 4. The molecule has 10 atom stereocenters. The first-order chi connectivity index (χ1) is 70.9. The summed E-state index contributed by atoms with van der Waals surface area (Å²) >= 11 is 0.672. The predicted molar refractivity (Wildman–Crippen MR) is 545 cm³/mol. The number of ether oxygens (including phenoxy) is 6. The van der Waals surface area contributed by atoms with Crippen molar-refractivity contribution in [1.29, 1.82) is 5.41 Å². The van der Waals surface area contributed by atoms with Gasteiger partial charge >= 0.3 is 30.0 Å². The Morgan fingerprint density at radius 1 is 0.658 bits per heavy atom. The first kappa shape index (κ1) is 116. The zero-order chi connectivity index (χ0) is 108. The highest BCUT2D eigenvalue weighted by atomic mass is 33.1. The highest BCUT2D eigenvalue weighted by Crippen LogP contribution is 2.42. The molecule has 4 fully saturated rings. The molecule has 0 saturated carbocycles. The first-order valence-corrected chi connectivity index (χ1v) is 51.2. The topological polar surface area (TPSA) is 746 Å². The van der Waals surface area contributed by atoms with E-state index >= 15 is 0 Å². The molecular formula is C95H125N23O28S3. The number of carbonyl (C=O) groups excluding carboxylic acids is 13. The maximum atomic E-state index is 14.5. The minimum atomic E-state index is -2.19. The number of anilines is 3. The Labute approximate surface area is 866 Å². The van der Waals surface area contributed by atoms with Crippen LogP contribution in [0.5, 0.6) is 23.0 Å². The predicted octanol–water partition coefficient (Wildman–Crippen LogP) is 2.19. The number of guanidine groups is 1. The normalized spacial score (nSPS) is 16.9. The van der Waals surface area contributed by atoms with E-state index in [4.69, 9.17) is 51.0 Å². The van der Waals surface area contributed by atoms with Crippen molar-refractivity contribution in [2.45, 2.75) is 207 Å². The van der Waals surface area contributed by atoms with Crippen LogP contribution in [-0.2, 0) is 78.3 Å². The van der Waals surface area contributed by atoms with Crippen LogP contribution in [0.1, 0.15) is 173 Å². The van der Waals surface area contributed by atoms with Crippen LogP contribution < -0.4 is 94.9 Å². The number of methoxy groups -OCH3 is 2. The Balaban J connectivity index is 0.586. The van der Waals surface area contributed by atoms with Gasteiger partial charge in [-0.1, -0.05) is 52.3 Å². The summed E-state index contributed by atoms with van der Waals surface area (Å²) in [5.41, 5.74) is 21.2. The fourth-order valence-corrected chi connectivity index (χ4v) is 19.8. The highest BCUT2D eigenvalue weighted by Gasteiger charge is 2.47. The lowest BCUT2D eigenvalue weighted by molar-refractivity contribution is -0.144. The van der Waals surface area contributed by atoms with Crippen LogP contribution in [0.15, 0.2) is 88.8 Å². The molecule has 149 heavy (non-hydrogen) atoms. The molecule has 22 N–H and O–H groups in total. The largest absolute Gasteiger partial charge is 0.493 e. The number of H-pyrrole nitrogens is 1. The molecule has 10 rings (SSSR count). The summed E-state index contributed by atoms with van der Waals surface area (Å²) in [6.45, 7) is 15.4. The molecule has 7 heterocycles. The van der Waals surface area contributed by atoms with Gasteiger partial charge in [-0.25, -0.2) is 19.6 Å². The second-order valence-electron chi connectivity index (χ2n) is 36.2. The van der Waals surface area contributed by atoms with E-state index in [0.717, 1.165) is 22.5 Å². The molecule has 0 bridgehead atoms. The number of benzene rings is 3. The summed E-state index contributed by atoms with van der Waals surface area (Å²) in [7, 11) is 5.79. The van der Waals surface area contributed by atoms with Gasteiger partial charge in [-0.2, -0.15) is 4.98 Å². The molecule has 3 aromatic carbocycles. The third-order valence-corrected chi connectivity index (χ3v) is 28.5. The molecule has 5 aliphatic rings. The number of hydrogen-bond acceptors (Lipinski definition) is 35. The maximum Gasteiger partial charge on any atom is 0.412 e. The number of fused-ring (bicyclic) bond motifs is 3. The Morgan fingerprint density at radius 3 is 1.91 bits per heavy atom. The van der Waals surface area contributed by atoms with Crippen LogP contribution in [0.3, 0.4) is 0 Å². The molecule has 0 radical (unpaired) electrons. The van der Waals surface area contributed by atoms with Crippen molar-refractivity contribution in [2.75, 3.05) is 115 Å². The average molecular weight is 2130 g/mol. The van der Waals surface area contributed by atoms with Crippen LogP contribution >= 0.6 is 33.3 Å². The summed E-state index contributed by atoms with van der Waals surface area (Å²) in [5, 5.41) is 70.6. The summed E-state index contributed by atoms with van der Waals surface area (Å²) in [4.78, 5) is 263. The standard InChI is InChI=1S/C95H125N23O28S3/c1-50-33-56-45-104-61-38-70(68(142-7)36-58(61)88(136)117(56)46-50)144-30-13-9-12-29-143-69-37-59(96)57(35-67(69)141-6)87(135)118-47-51(2)34-66(118)90-116(28-31-145-90)94(140)146-49-95(4,5)149-148-32-23-73(120)101-26-25-100-72(119)16-10-8-11-27-115-75(122)42-71(89(115)137)147-48-65(91(138)139)112-85(133)64(41-78(127)128)111-84(132)63(40-77(125)126)110-82(130)60(15-14-24-102-92(97)98)109-83(131)62(39-76(123)124)108-74(121)22-17-52(3)106-81(129)53-18-20-54(21-19-53)103-43-55-44-105-80-79(107-55)86(134)114-93(99)113-80/h18-21,35-38,44-45,52,56,60,62-66,71,90,103H,1-2,8-17,22-34,39-43,46-49,96H2,3-7H3,(H,100,119)(H,101,120)(H,106,129)(H,108,121)(H,109,131)(H,110,130)(H,111,132)(H,112,133)(H,123,124)(H,125,126)(H,127,128)(H,138,139)(H4,97,98,102)(H3,99,105,113,114,134)/t52-,56+,60+,62+,63+,64+,65+,66+,71?,90?/m1/s1. The fourth-order valence-electron chi connectivity index (χ4n) is 16.3. The summed E-state index contributed by atoms with van der Waals surface area (Å²) in [5.74, 6) is -15.5. The number of nitrogen functional groups attached to an aromatic ring is 2. The van der Waals surface area contributed by atoms with Gasteiger partial charge in [0.25, 0.3) is 23.3 Å². The number of likely N-dealkylation sites (tertiary alicyclic amines) is 2. The van der Waals surface area contributed by atoms with E-state index in [0.29, 0.717) is 116 Å². The Bertz CT molecular complexity index is 5920. The number of aromatic nitrogens is 4. The van der Waals surface area contributed by atoms with E-state index in [-0.39, 0.29) is 167 Å². The Morgan fingerprint density at radius 2 is 1.27 bits per heavy atom. The number of carboxylic acids is 4. The number of nitrogens with two attached hydrogens (primary N) is 3. The van der Waals surface area contributed by atoms with Crippen LogP contribution in [0.2, 0.25) is 0 Å². The molecule has 0 aliphatic carbocycles. The number of imide groups is 1. The third kappa shape index (κ3) is 34.8. The molecular weight excluding hydrogens is 2010 g/mol. The lowest BCUT2D eigenvalue weighted by Crippen LogP contribution is -2.59. The summed E-state index contributed by atoms with van der Waals surface area (Å²) in [6, 6.07) is 1.23. The number of hydrogen-bond donors (Lipinski definition) is 19. The van der Waals surface area contributed by atoms with Gasteiger partial charge in [0.2, 0.25) is 59.1 Å². The minimum Gasteiger partial charge on any atom is -0.493 e. The monoisotopic (exact) mass is 2130 g/mol.